The van der Waals surface area contributed by atoms with Gasteiger partial charge in [0.1, 0.15) is 0 Å². The van der Waals surface area contributed by atoms with E-state index in [1.165, 1.54) is 51.4 Å². The summed E-state index contributed by atoms with van der Waals surface area (Å²) in [5, 5.41) is 18.3. The van der Waals surface area contributed by atoms with Gasteiger partial charge in [-0.15, -0.1) is 0 Å². The van der Waals surface area contributed by atoms with Crippen molar-refractivity contribution in [2.45, 2.75) is 104 Å². The van der Waals surface area contributed by atoms with Crippen LogP contribution in [0, 0.1) is 0 Å². The number of carboxylic acid groups (broad SMARTS) is 2. The molecule has 0 rings (SSSR count). The number of aliphatic carboxylic acids is 2. The van der Waals surface area contributed by atoms with E-state index in [1.807, 2.05) is 0 Å². The van der Waals surface area contributed by atoms with Crippen molar-refractivity contribution < 1.29 is 71.2 Å². The van der Waals surface area contributed by atoms with E-state index in [9.17, 15) is 14.7 Å². The largest absolute Gasteiger partial charge is 1.00 e. The number of unbranched alkanes of at least 4 members (excludes halogenated alkanes) is 10. The van der Waals surface area contributed by atoms with Gasteiger partial charge >= 0.3 is 57.4 Å². The second-order valence-electron chi connectivity index (χ2n) is 5.80. The van der Waals surface area contributed by atoms with Gasteiger partial charge in [0.05, 0.1) is 0 Å². The first-order chi connectivity index (χ1) is 10.5. The number of hydrogen-bond acceptors (Lipinski definition) is 3. The number of carboxylic acids is 2. The topological polar surface area (TPSA) is 77.4 Å². The van der Waals surface area contributed by atoms with Crippen LogP contribution in [0.2, 0.25) is 0 Å². The summed E-state index contributed by atoms with van der Waals surface area (Å²) in [7, 11) is 0. The fraction of sp³-hybridized carbons (Fsp3) is 0.889. The molecule has 0 saturated carbocycles. The van der Waals surface area contributed by atoms with E-state index in [1.54, 1.807) is 0 Å². The van der Waals surface area contributed by atoms with Crippen LogP contribution in [0.5, 0.6) is 0 Å². The van der Waals surface area contributed by atoms with Crippen LogP contribution in [-0.2, 0) is 9.59 Å². The summed E-state index contributed by atoms with van der Waals surface area (Å²) in [5.41, 5.74) is 0. The van der Waals surface area contributed by atoms with Gasteiger partial charge in [0.2, 0.25) is 0 Å². The normalized spacial score (nSPS) is 9.48. The molecular formula is C18H35KO4. The third kappa shape index (κ3) is 34.8. The maximum absolute atomic E-state index is 10.1. The molecule has 4 nitrogen and oxygen atoms in total. The zero-order valence-electron chi connectivity index (χ0n) is 15.6. The Hall–Kier alpha value is 0.576. The third-order valence-electron chi connectivity index (χ3n) is 3.48. The van der Waals surface area contributed by atoms with Crippen LogP contribution in [0.25, 0.3) is 0 Å². The molecule has 0 heterocycles. The van der Waals surface area contributed by atoms with Crippen LogP contribution in [0.4, 0.5) is 0 Å². The van der Waals surface area contributed by atoms with E-state index >= 15 is 0 Å². The summed E-state index contributed by atoms with van der Waals surface area (Å²) < 4.78 is 0. The smallest absolute Gasteiger partial charge is 0.550 e. The minimum absolute atomic E-state index is 0. The van der Waals surface area contributed by atoms with E-state index in [0.717, 1.165) is 25.7 Å². The van der Waals surface area contributed by atoms with Crippen molar-refractivity contribution in [2.24, 2.45) is 0 Å². The summed E-state index contributed by atoms with van der Waals surface area (Å²) >= 11 is 0. The summed E-state index contributed by atoms with van der Waals surface area (Å²) in [4.78, 5) is 20.1. The monoisotopic (exact) mass is 354 g/mol. The summed E-state index contributed by atoms with van der Waals surface area (Å²) in [6, 6.07) is 0. The third-order valence-corrected chi connectivity index (χ3v) is 3.48. The van der Waals surface area contributed by atoms with Crippen molar-refractivity contribution in [3.8, 4) is 0 Å². The summed E-state index contributed by atoms with van der Waals surface area (Å²) in [6.07, 6.45) is 14.2. The Balaban J connectivity index is -0.000000333. The van der Waals surface area contributed by atoms with Gasteiger partial charge in [0.25, 0.3) is 0 Å². The number of hydrogen-bond donors (Lipinski definition) is 1. The van der Waals surface area contributed by atoms with Crippen LogP contribution in [-0.4, -0.2) is 17.0 Å². The van der Waals surface area contributed by atoms with Crippen LogP contribution in [0.15, 0.2) is 0 Å². The number of carbonyl (C=O) groups is 2. The maximum Gasteiger partial charge on any atom is 1.00 e. The van der Waals surface area contributed by atoms with Crippen LogP contribution >= 0.6 is 0 Å². The molecule has 0 spiro atoms. The van der Waals surface area contributed by atoms with Gasteiger partial charge in [0.15, 0.2) is 0 Å². The Morgan fingerprint density at radius 2 is 1.04 bits per heavy atom. The molecule has 132 valence electrons. The summed E-state index contributed by atoms with van der Waals surface area (Å²) in [6.45, 7) is 4.35. The zero-order valence-corrected chi connectivity index (χ0v) is 18.7. The Morgan fingerprint density at radius 3 is 1.39 bits per heavy atom. The number of carbonyl (C=O) groups excluding carboxylic acids is 1. The van der Waals surface area contributed by atoms with Crippen LogP contribution in [0.3, 0.4) is 0 Å². The molecule has 0 aromatic rings. The van der Waals surface area contributed by atoms with Gasteiger partial charge in [-0.05, 0) is 19.3 Å². The molecule has 0 unspecified atom stereocenters. The molecule has 0 aliphatic carbocycles. The fourth-order valence-electron chi connectivity index (χ4n) is 2.11. The standard InChI is InChI=1S/2C9H18O2.K/c2*1-2-3-4-5-6-7-8-9(10)11;/h2*2-8H2,1H3,(H,10,11);/q;;+1/p-1. The van der Waals surface area contributed by atoms with Gasteiger partial charge in [-0.3, -0.25) is 4.79 Å². The average Bonchev–Trinajstić information content (AvgIpc) is 2.46. The second-order valence-corrected chi connectivity index (χ2v) is 5.80. The number of rotatable bonds is 14. The molecule has 0 fully saturated rings. The van der Waals surface area contributed by atoms with Crippen molar-refractivity contribution in [1.82, 2.24) is 0 Å². The molecule has 0 bridgehead atoms. The summed E-state index contributed by atoms with van der Waals surface area (Å²) in [5.74, 6) is -1.58. The Labute approximate surface area is 185 Å². The quantitative estimate of drug-likeness (QED) is 0.377. The van der Waals surface area contributed by atoms with E-state index in [0.29, 0.717) is 6.42 Å². The second kappa shape index (κ2) is 24.8. The van der Waals surface area contributed by atoms with E-state index < -0.39 is 11.9 Å². The zero-order chi connectivity index (χ0) is 17.1. The molecule has 0 aromatic carbocycles. The average molecular weight is 355 g/mol. The molecule has 0 amide bonds. The first kappa shape index (κ1) is 28.4. The first-order valence-corrected chi connectivity index (χ1v) is 8.96. The molecule has 0 aromatic heterocycles. The molecule has 23 heavy (non-hydrogen) atoms. The molecule has 5 heteroatoms. The van der Waals surface area contributed by atoms with Gasteiger partial charge in [-0.25, -0.2) is 0 Å². The Bertz CT molecular complexity index is 231. The van der Waals surface area contributed by atoms with E-state index in [4.69, 9.17) is 5.11 Å². The van der Waals surface area contributed by atoms with Crippen LogP contribution in [0.1, 0.15) is 104 Å². The fourth-order valence-corrected chi connectivity index (χ4v) is 2.11. The van der Waals surface area contributed by atoms with Crippen molar-refractivity contribution in [2.75, 3.05) is 0 Å². The maximum atomic E-state index is 10.1. The predicted octanol–water partition coefficient (Wildman–Crippen LogP) is 1.31. The Kier molecular flexibility index (Phi) is 30.6. The van der Waals surface area contributed by atoms with Gasteiger partial charge in [-0.2, -0.15) is 0 Å². The molecular weight excluding hydrogens is 319 g/mol. The Morgan fingerprint density at radius 1 is 0.696 bits per heavy atom. The predicted molar refractivity (Wildman–Crippen MR) is 88.6 cm³/mol. The van der Waals surface area contributed by atoms with Crippen LogP contribution < -0.4 is 56.5 Å². The van der Waals surface area contributed by atoms with Crippen molar-refractivity contribution in [1.29, 1.82) is 0 Å². The van der Waals surface area contributed by atoms with E-state index in [-0.39, 0.29) is 57.8 Å². The molecule has 0 aliphatic rings. The minimum Gasteiger partial charge on any atom is -0.550 e. The molecule has 0 radical (unpaired) electrons. The molecule has 0 saturated heterocycles. The first-order valence-electron chi connectivity index (χ1n) is 8.96. The van der Waals surface area contributed by atoms with Crippen molar-refractivity contribution >= 4 is 11.9 Å². The van der Waals surface area contributed by atoms with E-state index in [2.05, 4.69) is 13.8 Å². The van der Waals surface area contributed by atoms with Gasteiger partial charge in [0, 0.05) is 12.4 Å². The molecule has 0 atom stereocenters. The van der Waals surface area contributed by atoms with Crippen molar-refractivity contribution in [3.05, 3.63) is 0 Å². The minimum atomic E-state index is -0.916. The van der Waals surface area contributed by atoms with Gasteiger partial charge < -0.3 is 15.0 Å². The van der Waals surface area contributed by atoms with Crippen molar-refractivity contribution in [3.63, 3.8) is 0 Å². The molecule has 1 N–H and O–H groups in total. The molecule has 0 aliphatic heterocycles. The SMILES string of the molecule is CCCCCCCCC(=O)O.CCCCCCCCC(=O)[O-].[K+]. The van der Waals surface area contributed by atoms with Gasteiger partial charge in [-0.1, -0.05) is 78.1 Å².